The van der Waals surface area contributed by atoms with Crippen LogP contribution in [0.3, 0.4) is 0 Å². The predicted molar refractivity (Wildman–Crippen MR) is 101 cm³/mol. The minimum atomic E-state index is -0.400. The molecule has 25 heavy (non-hydrogen) atoms. The summed E-state index contributed by atoms with van der Waals surface area (Å²) in [7, 11) is 0. The minimum Gasteiger partial charge on any atom is -0.480 e. The van der Waals surface area contributed by atoms with Crippen molar-refractivity contribution in [2.24, 2.45) is 16.7 Å². The van der Waals surface area contributed by atoms with Crippen molar-refractivity contribution in [3.8, 4) is 5.75 Å². The summed E-state index contributed by atoms with van der Waals surface area (Å²) in [5.74, 6) is 0.752. The fraction of sp³-hybridized carbons (Fsp3) is 0.632. The van der Waals surface area contributed by atoms with Crippen molar-refractivity contribution in [2.75, 3.05) is 13.2 Å². The molecule has 0 spiro atoms. The first kappa shape index (κ1) is 19.1. The Hall–Kier alpha value is -0.640. The van der Waals surface area contributed by atoms with E-state index in [2.05, 4.69) is 13.8 Å². The van der Waals surface area contributed by atoms with Gasteiger partial charge in [0.25, 0.3) is 0 Å². The van der Waals surface area contributed by atoms with E-state index in [1.54, 1.807) is 0 Å². The van der Waals surface area contributed by atoms with Crippen molar-refractivity contribution in [1.29, 1.82) is 0 Å². The van der Waals surface area contributed by atoms with Crippen LogP contribution in [0.2, 0.25) is 15.1 Å². The fourth-order valence-electron chi connectivity index (χ4n) is 4.57. The third kappa shape index (κ3) is 3.61. The van der Waals surface area contributed by atoms with Gasteiger partial charge >= 0.3 is 5.97 Å². The smallest absolute Gasteiger partial charge is 0.344 e. The summed E-state index contributed by atoms with van der Waals surface area (Å²) in [4.78, 5) is 12.0. The Morgan fingerprint density at radius 1 is 1.20 bits per heavy atom. The van der Waals surface area contributed by atoms with E-state index < -0.39 is 5.97 Å². The first-order valence-electron chi connectivity index (χ1n) is 8.68. The van der Waals surface area contributed by atoms with Gasteiger partial charge in [-0.05, 0) is 48.5 Å². The van der Waals surface area contributed by atoms with Gasteiger partial charge < -0.3 is 9.47 Å². The van der Waals surface area contributed by atoms with E-state index in [1.165, 1.54) is 37.8 Å². The lowest BCUT2D eigenvalue weighted by atomic mass is 9.39. The summed E-state index contributed by atoms with van der Waals surface area (Å²) >= 11 is 17.8. The molecule has 3 fully saturated rings. The van der Waals surface area contributed by atoms with Crippen molar-refractivity contribution >= 4 is 40.8 Å². The van der Waals surface area contributed by atoms with Crippen LogP contribution in [0.5, 0.6) is 5.75 Å². The molecule has 1 aromatic carbocycles. The van der Waals surface area contributed by atoms with Crippen LogP contribution in [0.1, 0.15) is 46.0 Å². The zero-order valence-electron chi connectivity index (χ0n) is 14.5. The fourth-order valence-corrected chi connectivity index (χ4v) is 5.16. The summed E-state index contributed by atoms with van der Waals surface area (Å²) in [5, 5.41) is 0.980. The quantitative estimate of drug-likeness (QED) is 0.419. The molecule has 0 saturated heterocycles. The second kappa shape index (κ2) is 7.17. The average Bonchev–Trinajstić information content (AvgIpc) is 2.57. The van der Waals surface area contributed by atoms with Crippen molar-refractivity contribution in [3.63, 3.8) is 0 Å². The van der Waals surface area contributed by atoms with E-state index >= 15 is 0 Å². The Morgan fingerprint density at radius 2 is 1.92 bits per heavy atom. The first-order chi connectivity index (χ1) is 11.7. The molecule has 0 amide bonds. The second-order valence-electron chi connectivity index (χ2n) is 7.75. The Bertz CT molecular complexity index is 670. The molecule has 0 aliphatic heterocycles. The number of hydrogen-bond acceptors (Lipinski definition) is 3. The number of carbonyl (C=O) groups excluding carboxylic acids is 1. The monoisotopic (exact) mass is 404 g/mol. The van der Waals surface area contributed by atoms with E-state index in [0.29, 0.717) is 38.3 Å². The van der Waals surface area contributed by atoms with Gasteiger partial charge in [-0.1, -0.05) is 55.1 Å². The molecule has 3 saturated carbocycles. The Morgan fingerprint density at radius 3 is 2.60 bits per heavy atom. The molecule has 2 atom stereocenters. The number of halogens is 3. The lowest BCUT2D eigenvalue weighted by Gasteiger charge is -2.66. The van der Waals surface area contributed by atoms with E-state index in [-0.39, 0.29) is 6.61 Å². The maximum atomic E-state index is 12.0. The molecule has 2 bridgehead atoms. The zero-order chi connectivity index (χ0) is 18.2. The Labute approximate surface area is 163 Å². The zero-order valence-corrected chi connectivity index (χ0v) is 16.8. The van der Waals surface area contributed by atoms with E-state index in [9.17, 15) is 4.79 Å². The van der Waals surface area contributed by atoms with Gasteiger partial charge in [0.05, 0.1) is 21.7 Å². The molecule has 6 heteroatoms. The summed E-state index contributed by atoms with van der Waals surface area (Å²) < 4.78 is 10.8. The Balaban J connectivity index is 1.46. The Kier molecular flexibility index (Phi) is 5.49. The van der Waals surface area contributed by atoms with Gasteiger partial charge in [-0.15, -0.1) is 0 Å². The summed E-state index contributed by atoms with van der Waals surface area (Å²) in [6.45, 7) is 4.96. The normalized spacial score (nSPS) is 26.7. The topological polar surface area (TPSA) is 35.5 Å². The molecular weight excluding hydrogens is 383 g/mol. The number of ether oxygens (including phenoxy) is 2. The highest BCUT2D eigenvalue weighted by molar-refractivity contribution is 6.43. The van der Waals surface area contributed by atoms with Gasteiger partial charge in [0.1, 0.15) is 5.75 Å². The lowest BCUT2D eigenvalue weighted by Crippen LogP contribution is -2.58. The van der Waals surface area contributed by atoms with Crippen molar-refractivity contribution in [1.82, 2.24) is 0 Å². The number of esters is 1. The molecule has 0 heterocycles. The van der Waals surface area contributed by atoms with E-state index in [0.717, 1.165) is 12.3 Å². The summed E-state index contributed by atoms with van der Waals surface area (Å²) in [6, 6.07) is 2.99. The average molecular weight is 406 g/mol. The predicted octanol–water partition coefficient (Wildman–Crippen LogP) is 6.18. The molecule has 0 unspecified atom stereocenters. The third-order valence-electron chi connectivity index (χ3n) is 6.40. The number of fused-ring (bicyclic) bond motifs is 2. The SMILES string of the molecule is CC1(C)[C@@H]2CCC[C@]1(CCOC(=O)COc1cc(Cl)c(Cl)cc1Cl)C2. The van der Waals surface area contributed by atoms with Crippen molar-refractivity contribution < 1.29 is 14.3 Å². The molecule has 138 valence electrons. The molecule has 0 radical (unpaired) electrons. The van der Waals surface area contributed by atoms with Crippen LogP contribution in [-0.4, -0.2) is 19.2 Å². The van der Waals surface area contributed by atoms with Gasteiger partial charge in [-0.2, -0.15) is 0 Å². The number of hydrogen-bond donors (Lipinski definition) is 0. The van der Waals surface area contributed by atoms with Crippen molar-refractivity contribution in [2.45, 2.75) is 46.0 Å². The van der Waals surface area contributed by atoms with Crippen LogP contribution in [0, 0.1) is 16.7 Å². The number of carbonyl (C=O) groups is 1. The highest BCUT2D eigenvalue weighted by Gasteiger charge is 2.60. The molecule has 3 nitrogen and oxygen atoms in total. The molecular formula is C19H23Cl3O3. The van der Waals surface area contributed by atoms with Gasteiger partial charge in [0.15, 0.2) is 6.61 Å². The maximum Gasteiger partial charge on any atom is 0.344 e. The largest absolute Gasteiger partial charge is 0.480 e. The van der Waals surface area contributed by atoms with Crippen LogP contribution in [0.25, 0.3) is 0 Å². The van der Waals surface area contributed by atoms with Crippen LogP contribution >= 0.6 is 34.8 Å². The van der Waals surface area contributed by atoms with Crippen LogP contribution < -0.4 is 4.74 Å². The van der Waals surface area contributed by atoms with Gasteiger partial charge in [-0.25, -0.2) is 4.79 Å². The molecule has 0 N–H and O–H groups in total. The lowest BCUT2D eigenvalue weighted by molar-refractivity contribution is -0.176. The number of rotatable bonds is 6. The van der Waals surface area contributed by atoms with Crippen LogP contribution in [0.4, 0.5) is 0 Å². The van der Waals surface area contributed by atoms with Gasteiger partial charge in [0, 0.05) is 6.07 Å². The van der Waals surface area contributed by atoms with E-state index in [1.807, 2.05) is 0 Å². The maximum absolute atomic E-state index is 12.0. The highest BCUT2D eigenvalue weighted by Crippen LogP contribution is 2.69. The summed E-state index contributed by atoms with van der Waals surface area (Å²) in [5.41, 5.74) is 0.700. The molecule has 0 aromatic heterocycles. The first-order valence-corrected chi connectivity index (χ1v) is 9.81. The van der Waals surface area contributed by atoms with Crippen LogP contribution in [-0.2, 0) is 9.53 Å². The standard InChI is InChI=1S/C19H23Cl3O3/c1-18(2)12-4-3-5-19(18,10-12)6-7-24-17(23)11-25-16-9-14(21)13(20)8-15(16)22/h8-9,12H,3-7,10-11H2,1-2H3/t12-,19+/m1/s1. The highest BCUT2D eigenvalue weighted by atomic mass is 35.5. The third-order valence-corrected chi connectivity index (χ3v) is 7.41. The van der Waals surface area contributed by atoms with Gasteiger partial charge in [0.2, 0.25) is 0 Å². The molecule has 3 aliphatic rings. The number of benzene rings is 1. The minimum absolute atomic E-state index is 0.198. The second-order valence-corrected chi connectivity index (χ2v) is 8.97. The molecule has 4 rings (SSSR count). The van der Waals surface area contributed by atoms with Crippen molar-refractivity contribution in [3.05, 3.63) is 27.2 Å². The van der Waals surface area contributed by atoms with E-state index in [4.69, 9.17) is 44.3 Å². The summed E-state index contributed by atoms with van der Waals surface area (Å²) in [6.07, 6.45) is 6.07. The molecule has 1 aromatic rings. The van der Waals surface area contributed by atoms with Crippen LogP contribution in [0.15, 0.2) is 12.1 Å². The molecule has 3 aliphatic carbocycles. The van der Waals surface area contributed by atoms with Gasteiger partial charge in [-0.3, -0.25) is 0 Å².